The molecule has 2 aromatic carbocycles. The van der Waals surface area contributed by atoms with Gasteiger partial charge in [-0.15, -0.1) is 10.2 Å². The summed E-state index contributed by atoms with van der Waals surface area (Å²) in [6, 6.07) is 13.0. The molecule has 6 nitrogen and oxygen atoms in total. The SMILES string of the molecule is Cc1ccc(NC(=O)[C@@H]2Sc3nnc(C)n3N[C@H]2c2ccc(Cl)cc2)c(Br)c1. The highest BCUT2D eigenvalue weighted by Crippen LogP contribution is 2.38. The molecule has 0 fully saturated rings. The molecule has 1 aliphatic heterocycles. The molecular weight excluding hydrogens is 462 g/mol. The summed E-state index contributed by atoms with van der Waals surface area (Å²) in [4.78, 5) is 13.2. The molecular formula is C19H17BrClN5OS. The predicted molar refractivity (Wildman–Crippen MR) is 115 cm³/mol. The third-order valence-electron chi connectivity index (χ3n) is 4.47. The zero-order valence-electron chi connectivity index (χ0n) is 15.1. The molecule has 1 amide bonds. The number of aryl methyl sites for hydroxylation is 2. The van der Waals surface area contributed by atoms with E-state index in [2.05, 4.69) is 36.9 Å². The number of amides is 1. The van der Waals surface area contributed by atoms with E-state index < -0.39 is 5.25 Å². The highest BCUT2D eigenvalue weighted by Gasteiger charge is 2.37. The lowest BCUT2D eigenvalue weighted by Gasteiger charge is -2.32. The average Bonchev–Trinajstić information content (AvgIpc) is 3.04. The number of fused-ring (bicyclic) bond motifs is 1. The summed E-state index contributed by atoms with van der Waals surface area (Å²) < 4.78 is 2.66. The van der Waals surface area contributed by atoms with Crippen molar-refractivity contribution < 1.29 is 4.79 Å². The number of hydrogen-bond acceptors (Lipinski definition) is 5. The quantitative estimate of drug-likeness (QED) is 0.570. The average molecular weight is 479 g/mol. The number of anilines is 1. The number of halogens is 2. The number of rotatable bonds is 3. The van der Waals surface area contributed by atoms with Gasteiger partial charge >= 0.3 is 0 Å². The molecule has 0 aliphatic carbocycles. The summed E-state index contributed by atoms with van der Waals surface area (Å²) in [5.41, 5.74) is 6.18. The number of nitrogens with zero attached hydrogens (tertiary/aromatic N) is 3. The Labute approximate surface area is 180 Å². The van der Waals surface area contributed by atoms with Crippen LogP contribution in [-0.2, 0) is 4.79 Å². The van der Waals surface area contributed by atoms with Gasteiger partial charge in [-0.25, -0.2) is 4.68 Å². The van der Waals surface area contributed by atoms with E-state index in [1.807, 2.05) is 61.0 Å². The van der Waals surface area contributed by atoms with Crippen molar-refractivity contribution in [2.45, 2.75) is 30.3 Å². The van der Waals surface area contributed by atoms with Crippen LogP contribution in [0.5, 0.6) is 0 Å². The van der Waals surface area contributed by atoms with Gasteiger partial charge in [-0.2, -0.15) is 0 Å². The maximum absolute atomic E-state index is 13.2. The van der Waals surface area contributed by atoms with Gasteiger partial charge in [-0.3, -0.25) is 4.79 Å². The van der Waals surface area contributed by atoms with Crippen molar-refractivity contribution in [1.82, 2.24) is 14.9 Å². The monoisotopic (exact) mass is 477 g/mol. The molecule has 4 rings (SSSR count). The Hall–Kier alpha value is -2.03. The largest absolute Gasteiger partial charge is 0.324 e. The lowest BCUT2D eigenvalue weighted by atomic mass is 10.0. The molecule has 2 atom stereocenters. The summed E-state index contributed by atoms with van der Waals surface area (Å²) in [6.45, 7) is 3.87. The highest BCUT2D eigenvalue weighted by atomic mass is 79.9. The molecule has 0 unspecified atom stereocenters. The van der Waals surface area contributed by atoms with Gasteiger partial charge in [0.15, 0.2) is 0 Å². The van der Waals surface area contributed by atoms with E-state index in [0.717, 1.165) is 27.1 Å². The molecule has 2 heterocycles. The first-order valence-electron chi connectivity index (χ1n) is 8.60. The zero-order valence-corrected chi connectivity index (χ0v) is 18.3. The second-order valence-electron chi connectivity index (χ2n) is 6.53. The number of carbonyl (C=O) groups is 1. The molecule has 1 aliphatic rings. The third kappa shape index (κ3) is 3.76. The van der Waals surface area contributed by atoms with Gasteiger partial charge in [0.1, 0.15) is 11.1 Å². The maximum Gasteiger partial charge on any atom is 0.240 e. The first-order valence-corrected chi connectivity index (χ1v) is 10.6. The number of thioether (sulfide) groups is 1. The smallest absolute Gasteiger partial charge is 0.240 e. The Kier molecular flexibility index (Phi) is 5.35. The van der Waals surface area contributed by atoms with Gasteiger partial charge in [0.25, 0.3) is 0 Å². The molecule has 0 bridgehead atoms. The normalized spacial score (nSPS) is 18.3. The number of hydrogen-bond donors (Lipinski definition) is 2. The predicted octanol–water partition coefficient (Wildman–Crippen LogP) is 4.71. The molecule has 2 N–H and O–H groups in total. The van der Waals surface area contributed by atoms with Crippen LogP contribution in [0.2, 0.25) is 5.02 Å². The lowest BCUT2D eigenvalue weighted by Crippen LogP contribution is -2.41. The highest BCUT2D eigenvalue weighted by molar-refractivity contribution is 9.10. The van der Waals surface area contributed by atoms with E-state index in [0.29, 0.717) is 10.2 Å². The van der Waals surface area contributed by atoms with E-state index in [4.69, 9.17) is 11.6 Å². The zero-order chi connectivity index (χ0) is 19.8. The first-order chi connectivity index (χ1) is 13.4. The van der Waals surface area contributed by atoms with Gasteiger partial charge in [0, 0.05) is 9.50 Å². The molecule has 1 aromatic heterocycles. The van der Waals surface area contributed by atoms with E-state index in [9.17, 15) is 4.79 Å². The van der Waals surface area contributed by atoms with Crippen molar-refractivity contribution in [2.75, 3.05) is 10.7 Å². The van der Waals surface area contributed by atoms with Crippen molar-refractivity contribution in [2.24, 2.45) is 0 Å². The van der Waals surface area contributed by atoms with Crippen molar-refractivity contribution >= 4 is 50.9 Å². The fourth-order valence-corrected chi connectivity index (χ4v) is 4.85. The van der Waals surface area contributed by atoms with E-state index >= 15 is 0 Å². The van der Waals surface area contributed by atoms with Crippen LogP contribution < -0.4 is 10.7 Å². The van der Waals surface area contributed by atoms with Crippen LogP contribution in [0.15, 0.2) is 52.1 Å². The minimum Gasteiger partial charge on any atom is -0.324 e. The van der Waals surface area contributed by atoms with Crippen molar-refractivity contribution in [3.63, 3.8) is 0 Å². The van der Waals surface area contributed by atoms with Crippen LogP contribution in [0.4, 0.5) is 5.69 Å². The third-order valence-corrected chi connectivity index (χ3v) is 6.59. The Morgan fingerprint density at radius 1 is 1.21 bits per heavy atom. The Balaban J connectivity index is 1.67. The van der Waals surface area contributed by atoms with Crippen LogP contribution in [0.3, 0.4) is 0 Å². The molecule has 144 valence electrons. The Morgan fingerprint density at radius 3 is 2.68 bits per heavy atom. The molecule has 9 heteroatoms. The second kappa shape index (κ2) is 7.77. The number of benzene rings is 2. The van der Waals surface area contributed by atoms with Gasteiger partial charge in [0.05, 0.1) is 11.7 Å². The summed E-state index contributed by atoms with van der Waals surface area (Å²) >= 11 is 10.9. The van der Waals surface area contributed by atoms with Gasteiger partial charge in [-0.1, -0.05) is 41.6 Å². The van der Waals surface area contributed by atoms with Crippen LogP contribution in [0.1, 0.15) is 23.0 Å². The van der Waals surface area contributed by atoms with Crippen LogP contribution in [0.25, 0.3) is 0 Å². The molecule has 28 heavy (non-hydrogen) atoms. The molecule has 0 saturated carbocycles. The Bertz CT molecular complexity index is 1040. The van der Waals surface area contributed by atoms with Crippen LogP contribution in [-0.4, -0.2) is 26.0 Å². The molecule has 3 aromatic rings. The van der Waals surface area contributed by atoms with Crippen LogP contribution >= 0.6 is 39.3 Å². The number of nitrogens with one attached hydrogen (secondary N) is 2. The number of carbonyl (C=O) groups excluding carboxylic acids is 1. The van der Waals surface area contributed by atoms with Gasteiger partial charge < -0.3 is 10.7 Å². The van der Waals surface area contributed by atoms with Gasteiger partial charge in [0.2, 0.25) is 11.1 Å². The number of aromatic nitrogens is 3. The minimum atomic E-state index is -0.439. The van der Waals surface area contributed by atoms with Crippen molar-refractivity contribution in [1.29, 1.82) is 0 Å². The van der Waals surface area contributed by atoms with Gasteiger partial charge in [-0.05, 0) is 65.2 Å². The van der Waals surface area contributed by atoms with Crippen LogP contribution in [0, 0.1) is 13.8 Å². The summed E-state index contributed by atoms with van der Waals surface area (Å²) in [6.07, 6.45) is 0. The second-order valence-corrected chi connectivity index (χ2v) is 8.93. The van der Waals surface area contributed by atoms with E-state index in [1.54, 1.807) is 0 Å². The van der Waals surface area contributed by atoms with E-state index in [-0.39, 0.29) is 11.9 Å². The lowest BCUT2D eigenvalue weighted by molar-refractivity contribution is -0.116. The summed E-state index contributed by atoms with van der Waals surface area (Å²) in [5, 5.41) is 12.2. The van der Waals surface area contributed by atoms with E-state index in [1.165, 1.54) is 11.8 Å². The summed E-state index contributed by atoms with van der Waals surface area (Å²) in [7, 11) is 0. The first kappa shape index (κ1) is 19.3. The topological polar surface area (TPSA) is 71.8 Å². The fraction of sp³-hybridized carbons (Fsp3) is 0.211. The van der Waals surface area contributed by atoms with Crippen molar-refractivity contribution in [3.8, 4) is 0 Å². The molecule has 0 radical (unpaired) electrons. The minimum absolute atomic E-state index is 0.117. The maximum atomic E-state index is 13.2. The fourth-order valence-electron chi connectivity index (χ4n) is 3.01. The van der Waals surface area contributed by atoms with Crippen molar-refractivity contribution in [3.05, 3.63) is 68.9 Å². The summed E-state index contributed by atoms with van der Waals surface area (Å²) in [5.74, 6) is 0.621. The Morgan fingerprint density at radius 2 is 1.96 bits per heavy atom. The molecule has 0 saturated heterocycles. The standard InChI is InChI=1S/C19H17BrClN5OS/c1-10-3-8-15(14(20)9-10)22-18(27)17-16(12-4-6-13(21)7-5-12)25-26-11(2)23-24-19(26)28-17/h3-9,16-17,25H,1-2H3,(H,22,27)/t16-,17+/m0/s1. The molecule has 0 spiro atoms.